The largest absolute Gasteiger partial charge is 0.534 e. The Morgan fingerprint density at radius 2 is 1.69 bits per heavy atom. The highest BCUT2D eigenvalue weighted by Gasteiger charge is 2.48. The predicted octanol–water partition coefficient (Wildman–Crippen LogP) is 2.79. The lowest BCUT2D eigenvalue weighted by Crippen LogP contribution is -2.28. The van der Waals surface area contributed by atoms with Crippen LogP contribution in [0.5, 0.6) is 5.75 Å². The molecule has 2 rings (SSSR count). The minimum atomic E-state index is -5.66. The molecule has 0 fully saturated rings. The van der Waals surface area contributed by atoms with Gasteiger partial charge in [0, 0.05) is 18.0 Å². The fraction of sp³-hybridized carbons (Fsp3) is 0.214. The highest BCUT2D eigenvalue weighted by molar-refractivity contribution is 7.88. The Bertz CT molecular complexity index is 950. The second-order valence-electron chi connectivity index (χ2n) is 4.93. The van der Waals surface area contributed by atoms with Gasteiger partial charge < -0.3 is 4.18 Å². The van der Waals surface area contributed by atoms with Crippen molar-refractivity contribution in [2.75, 3.05) is 6.26 Å². The summed E-state index contributed by atoms with van der Waals surface area (Å²) in [5.74, 6) is -0.391. The third-order valence-corrected chi connectivity index (χ3v) is 3.64. The number of hydrogen-bond donors (Lipinski definition) is 1. The second-order valence-corrected chi connectivity index (χ2v) is 7.94. The first-order chi connectivity index (χ1) is 11.7. The molecule has 0 unspecified atom stereocenters. The van der Waals surface area contributed by atoms with E-state index in [1.165, 1.54) is 18.2 Å². The number of hydrogen-bond acceptors (Lipinski definition) is 6. The van der Waals surface area contributed by atoms with Crippen LogP contribution in [0, 0.1) is 6.92 Å². The maximum absolute atomic E-state index is 12.2. The number of aromatic nitrogens is 1. The van der Waals surface area contributed by atoms with Crippen molar-refractivity contribution in [3.63, 3.8) is 0 Å². The van der Waals surface area contributed by atoms with Gasteiger partial charge in [-0.1, -0.05) is 12.1 Å². The summed E-state index contributed by atoms with van der Waals surface area (Å²) in [7, 11) is -9.32. The minimum absolute atomic E-state index is 0.391. The second kappa shape index (κ2) is 8.01. The Balaban J connectivity index is 0.000000597. The Morgan fingerprint density at radius 3 is 2.12 bits per heavy atom. The SMILES string of the molecule is CS(=O)(=O)O.Cc1cc(OS(=O)(=O)C(F)(F)F)ccc1-c1cccnc1. The monoisotopic (exact) mass is 413 g/mol. The van der Waals surface area contributed by atoms with Gasteiger partial charge in [-0.15, -0.1) is 0 Å². The maximum atomic E-state index is 12.2. The molecule has 0 atom stereocenters. The molecule has 7 nitrogen and oxygen atoms in total. The average molecular weight is 413 g/mol. The van der Waals surface area contributed by atoms with Crippen LogP contribution in [0.1, 0.15) is 5.56 Å². The van der Waals surface area contributed by atoms with E-state index in [2.05, 4.69) is 9.17 Å². The number of alkyl halides is 3. The first-order valence-corrected chi connectivity index (χ1v) is 9.90. The molecule has 0 aliphatic rings. The molecule has 1 aromatic heterocycles. The lowest BCUT2D eigenvalue weighted by Gasteiger charge is -2.11. The highest BCUT2D eigenvalue weighted by Crippen LogP contribution is 2.30. The molecule has 144 valence electrons. The van der Waals surface area contributed by atoms with Crippen LogP contribution < -0.4 is 4.18 Å². The lowest BCUT2D eigenvalue weighted by atomic mass is 10.0. The molecule has 0 aliphatic carbocycles. The topological polar surface area (TPSA) is 111 Å². The molecular weight excluding hydrogens is 399 g/mol. The van der Waals surface area contributed by atoms with E-state index in [1.807, 2.05) is 0 Å². The van der Waals surface area contributed by atoms with Gasteiger partial charge in [-0.3, -0.25) is 9.54 Å². The van der Waals surface area contributed by atoms with Crippen molar-refractivity contribution >= 4 is 20.2 Å². The van der Waals surface area contributed by atoms with Gasteiger partial charge in [-0.05, 0) is 36.2 Å². The Morgan fingerprint density at radius 1 is 1.12 bits per heavy atom. The third-order valence-electron chi connectivity index (χ3n) is 2.66. The molecule has 12 heteroatoms. The van der Waals surface area contributed by atoms with Gasteiger partial charge in [0.25, 0.3) is 10.1 Å². The molecule has 0 spiro atoms. The Kier molecular flexibility index (Phi) is 6.74. The molecule has 1 heterocycles. The van der Waals surface area contributed by atoms with Crippen molar-refractivity contribution in [2.45, 2.75) is 12.4 Å². The van der Waals surface area contributed by atoms with Crippen molar-refractivity contribution in [1.82, 2.24) is 4.98 Å². The fourth-order valence-corrected chi connectivity index (χ4v) is 2.16. The van der Waals surface area contributed by atoms with Gasteiger partial charge in [0.2, 0.25) is 0 Å². The van der Waals surface area contributed by atoms with Crippen molar-refractivity contribution in [3.8, 4) is 16.9 Å². The van der Waals surface area contributed by atoms with Gasteiger partial charge in [0.05, 0.1) is 6.26 Å². The summed E-state index contributed by atoms with van der Waals surface area (Å²) in [6.07, 6.45) is 3.90. The third kappa shape index (κ3) is 6.98. The van der Waals surface area contributed by atoms with Gasteiger partial charge in [0.15, 0.2) is 0 Å². The van der Waals surface area contributed by atoms with Crippen molar-refractivity contribution in [2.24, 2.45) is 0 Å². The summed E-state index contributed by atoms with van der Waals surface area (Å²) in [5, 5.41) is 0. The first kappa shape index (κ1) is 21.9. The number of benzene rings is 1. The van der Waals surface area contributed by atoms with E-state index in [9.17, 15) is 30.0 Å². The van der Waals surface area contributed by atoms with Crippen LogP contribution in [-0.4, -0.2) is 38.1 Å². The molecule has 0 bridgehead atoms. The van der Waals surface area contributed by atoms with Crippen molar-refractivity contribution < 1.29 is 38.7 Å². The summed E-state index contributed by atoms with van der Waals surface area (Å²) >= 11 is 0. The van der Waals surface area contributed by atoms with Crippen LogP contribution in [0.25, 0.3) is 11.1 Å². The summed E-state index contributed by atoms with van der Waals surface area (Å²) in [6, 6.07) is 7.37. The summed E-state index contributed by atoms with van der Waals surface area (Å²) < 4.78 is 88.5. The molecule has 0 saturated heterocycles. The maximum Gasteiger partial charge on any atom is 0.534 e. The molecule has 0 amide bonds. The van der Waals surface area contributed by atoms with E-state index in [0.717, 1.165) is 11.1 Å². The number of rotatable bonds is 3. The molecule has 0 saturated carbocycles. The number of nitrogens with zero attached hydrogens (tertiary/aromatic N) is 1. The van der Waals surface area contributed by atoms with Crippen molar-refractivity contribution in [1.29, 1.82) is 0 Å². The van der Waals surface area contributed by atoms with E-state index in [1.54, 1.807) is 31.5 Å². The lowest BCUT2D eigenvalue weighted by molar-refractivity contribution is -0.0500. The Labute approximate surface area is 148 Å². The number of aryl methyl sites for hydroxylation is 1. The zero-order valence-electron chi connectivity index (χ0n) is 13.4. The van der Waals surface area contributed by atoms with Gasteiger partial charge in [-0.2, -0.15) is 30.0 Å². The zero-order valence-corrected chi connectivity index (χ0v) is 15.1. The summed E-state index contributed by atoms with van der Waals surface area (Å²) in [4.78, 5) is 3.94. The van der Waals surface area contributed by atoms with Gasteiger partial charge in [0.1, 0.15) is 5.75 Å². The first-order valence-electron chi connectivity index (χ1n) is 6.65. The molecular formula is C14H14F3NO6S2. The van der Waals surface area contributed by atoms with Gasteiger partial charge >= 0.3 is 15.6 Å². The van der Waals surface area contributed by atoms with Crippen LogP contribution in [0.4, 0.5) is 13.2 Å². The van der Waals surface area contributed by atoms with Crippen LogP contribution in [0.2, 0.25) is 0 Å². The standard InChI is InChI=1S/C13H10F3NO3S.CH4O3S/c1-9-7-11(20-21(18,19)13(14,15)16)4-5-12(9)10-3-2-6-17-8-10;1-5(2,3)4/h2-8H,1H3;1H3,(H,2,3,4). The smallest absolute Gasteiger partial charge is 0.376 e. The van der Waals surface area contributed by atoms with Crippen molar-refractivity contribution in [3.05, 3.63) is 48.3 Å². The quantitative estimate of drug-likeness (QED) is 0.468. The predicted molar refractivity (Wildman–Crippen MR) is 87.5 cm³/mol. The molecule has 2 aromatic rings. The number of pyridine rings is 1. The van der Waals surface area contributed by atoms with E-state index >= 15 is 0 Å². The molecule has 0 radical (unpaired) electrons. The molecule has 26 heavy (non-hydrogen) atoms. The molecule has 1 N–H and O–H groups in total. The summed E-state index contributed by atoms with van der Waals surface area (Å²) in [5.41, 5.74) is -3.40. The fourth-order valence-electron chi connectivity index (χ4n) is 1.71. The zero-order chi connectivity index (χ0) is 20.2. The Hall–Kier alpha value is -2.18. The average Bonchev–Trinajstić information content (AvgIpc) is 2.45. The normalized spacial score (nSPS) is 12.1. The van der Waals surface area contributed by atoms with E-state index < -0.39 is 31.5 Å². The summed E-state index contributed by atoms with van der Waals surface area (Å²) in [6.45, 7) is 1.63. The van der Waals surface area contributed by atoms with Crippen LogP contribution in [-0.2, 0) is 20.2 Å². The molecule has 1 aromatic carbocycles. The van der Waals surface area contributed by atoms with E-state index in [0.29, 0.717) is 11.8 Å². The minimum Gasteiger partial charge on any atom is -0.376 e. The van der Waals surface area contributed by atoms with Gasteiger partial charge in [-0.25, -0.2) is 0 Å². The van der Waals surface area contributed by atoms with E-state index in [4.69, 9.17) is 4.55 Å². The number of halogens is 3. The molecule has 0 aliphatic heterocycles. The van der Waals surface area contributed by atoms with Crippen LogP contribution in [0.15, 0.2) is 42.7 Å². The van der Waals surface area contributed by atoms with E-state index in [-0.39, 0.29) is 0 Å². The van der Waals surface area contributed by atoms with Crippen LogP contribution in [0.3, 0.4) is 0 Å². The van der Waals surface area contributed by atoms with Crippen LogP contribution >= 0.6 is 0 Å². The highest BCUT2D eigenvalue weighted by atomic mass is 32.2.